The number of carbonyl (C=O) groups is 1. The number of hydrogen-bond acceptors (Lipinski definition) is 4. The van der Waals surface area contributed by atoms with E-state index in [4.69, 9.17) is 21.7 Å². The largest absolute Gasteiger partial charge is 0.497 e. The van der Waals surface area contributed by atoms with E-state index in [1.54, 1.807) is 26.4 Å². The first-order chi connectivity index (χ1) is 12.4. The Morgan fingerprint density at radius 1 is 1.19 bits per heavy atom. The summed E-state index contributed by atoms with van der Waals surface area (Å²) in [5.74, 6) is 2.35. The molecule has 144 valence electrons. The van der Waals surface area contributed by atoms with Crippen molar-refractivity contribution < 1.29 is 14.3 Å². The summed E-state index contributed by atoms with van der Waals surface area (Å²) in [5.41, 5.74) is 6.23. The highest BCUT2D eigenvalue weighted by atomic mass is 32.1. The van der Waals surface area contributed by atoms with Gasteiger partial charge in [0.1, 0.15) is 11.5 Å². The number of ether oxygens (including phenoxy) is 2. The van der Waals surface area contributed by atoms with Gasteiger partial charge < -0.3 is 14.8 Å². The second-order valence-electron chi connectivity index (χ2n) is 6.87. The first-order valence-corrected chi connectivity index (χ1v) is 9.41. The van der Waals surface area contributed by atoms with Crippen molar-refractivity contribution in [3.8, 4) is 11.5 Å². The first kappa shape index (κ1) is 20.3. The fraction of sp³-hybridized carbons (Fsp3) is 0.579. The molecule has 1 aromatic rings. The molecule has 3 atom stereocenters. The third-order valence-corrected chi connectivity index (χ3v) is 5.40. The topological polar surface area (TPSA) is 71.6 Å². The molecular weight excluding hydrogens is 350 g/mol. The molecule has 1 fully saturated rings. The molecule has 0 aliphatic heterocycles. The molecule has 1 aliphatic carbocycles. The van der Waals surface area contributed by atoms with E-state index in [1.807, 2.05) is 6.07 Å². The molecule has 0 unspecified atom stereocenters. The average molecular weight is 380 g/mol. The highest BCUT2D eigenvalue weighted by molar-refractivity contribution is 7.80. The van der Waals surface area contributed by atoms with Crippen LogP contribution in [0.15, 0.2) is 18.2 Å². The summed E-state index contributed by atoms with van der Waals surface area (Å²) >= 11 is 5.31. The molecule has 0 saturated heterocycles. The zero-order chi connectivity index (χ0) is 19.1. The molecule has 1 amide bonds. The maximum atomic E-state index is 12.2. The molecule has 6 nitrogen and oxygen atoms in total. The number of nitrogens with one attached hydrogen (secondary N) is 3. The summed E-state index contributed by atoms with van der Waals surface area (Å²) in [6.45, 7) is 4.53. The van der Waals surface area contributed by atoms with Crippen LogP contribution < -0.4 is 25.6 Å². The lowest BCUT2D eigenvalue weighted by atomic mass is 9.78. The fourth-order valence-corrected chi connectivity index (χ4v) is 3.53. The molecule has 0 radical (unpaired) electrons. The summed E-state index contributed by atoms with van der Waals surface area (Å²) in [6, 6.07) is 5.72. The van der Waals surface area contributed by atoms with Gasteiger partial charge in [0.2, 0.25) is 5.91 Å². The number of hydrogen-bond donors (Lipinski definition) is 3. The van der Waals surface area contributed by atoms with Crippen molar-refractivity contribution in [2.45, 2.75) is 45.6 Å². The minimum Gasteiger partial charge on any atom is -0.497 e. The Hall–Kier alpha value is -2.02. The number of amides is 1. The van der Waals surface area contributed by atoms with Gasteiger partial charge in [0, 0.05) is 17.7 Å². The van der Waals surface area contributed by atoms with E-state index in [9.17, 15) is 4.79 Å². The molecule has 0 heterocycles. The van der Waals surface area contributed by atoms with Crippen molar-refractivity contribution in [3.63, 3.8) is 0 Å². The monoisotopic (exact) mass is 379 g/mol. The van der Waals surface area contributed by atoms with Gasteiger partial charge in [-0.3, -0.25) is 15.6 Å². The molecule has 0 bridgehead atoms. The molecule has 1 aliphatic rings. The standard InChI is InChI=1S/C19H29N3O3S/c1-12-6-5-7-16(13(12)2)20-19(26)22-21-18(23)10-14-8-9-15(24-3)11-17(14)25-4/h8-9,11-13,16H,5-7,10H2,1-4H3,(H,21,23)(H2,20,22,26)/t12-,13-,16-/m1/s1. The van der Waals surface area contributed by atoms with Crippen molar-refractivity contribution in [2.24, 2.45) is 11.8 Å². The maximum absolute atomic E-state index is 12.2. The molecule has 7 heteroatoms. The molecular formula is C19H29N3O3S. The summed E-state index contributed by atoms with van der Waals surface area (Å²) in [6.07, 6.45) is 3.75. The lowest BCUT2D eigenvalue weighted by Gasteiger charge is -2.35. The van der Waals surface area contributed by atoms with Crippen LogP contribution in [0.1, 0.15) is 38.7 Å². The van der Waals surface area contributed by atoms with Crippen LogP contribution in [0.3, 0.4) is 0 Å². The van der Waals surface area contributed by atoms with Gasteiger partial charge in [-0.05, 0) is 36.5 Å². The molecule has 0 aromatic heterocycles. The molecule has 1 saturated carbocycles. The maximum Gasteiger partial charge on any atom is 0.242 e. The quantitative estimate of drug-likeness (QED) is 0.540. The van der Waals surface area contributed by atoms with Crippen LogP contribution in [0.5, 0.6) is 11.5 Å². The van der Waals surface area contributed by atoms with Gasteiger partial charge >= 0.3 is 0 Å². The minimum atomic E-state index is -0.192. The second kappa shape index (κ2) is 9.62. The van der Waals surface area contributed by atoms with Gasteiger partial charge in [-0.1, -0.05) is 32.8 Å². The predicted molar refractivity (Wildman–Crippen MR) is 106 cm³/mol. The van der Waals surface area contributed by atoms with Crippen LogP contribution in [0.2, 0.25) is 0 Å². The third kappa shape index (κ3) is 5.49. The highest BCUT2D eigenvalue weighted by Crippen LogP contribution is 2.29. The normalized spacial score (nSPS) is 22.2. The zero-order valence-corrected chi connectivity index (χ0v) is 16.7. The predicted octanol–water partition coefficient (Wildman–Crippen LogP) is 2.57. The van der Waals surface area contributed by atoms with Crippen molar-refractivity contribution in [1.29, 1.82) is 0 Å². The van der Waals surface area contributed by atoms with E-state index >= 15 is 0 Å². The van der Waals surface area contributed by atoms with E-state index in [1.165, 1.54) is 12.8 Å². The van der Waals surface area contributed by atoms with Gasteiger partial charge in [0.05, 0.1) is 20.6 Å². The van der Waals surface area contributed by atoms with E-state index in [2.05, 4.69) is 30.0 Å². The van der Waals surface area contributed by atoms with Crippen molar-refractivity contribution >= 4 is 23.2 Å². The lowest BCUT2D eigenvalue weighted by Crippen LogP contribution is -2.52. The molecule has 2 rings (SSSR count). The van der Waals surface area contributed by atoms with Gasteiger partial charge in [-0.2, -0.15) is 0 Å². The lowest BCUT2D eigenvalue weighted by molar-refractivity contribution is -0.121. The molecule has 26 heavy (non-hydrogen) atoms. The minimum absolute atomic E-state index is 0.180. The Balaban J connectivity index is 1.82. The van der Waals surface area contributed by atoms with Gasteiger partial charge in [-0.15, -0.1) is 0 Å². The average Bonchev–Trinajstić information content (AvgIpc) is 2.64. The number of methoxy groups -OCH3 is 2. The van der Waals surface area contributed by atoms with Crippen LogP contribution in [-0.4, -0.2) is 31.3 Å². The molecule has 0 spiro atoms. The zero-order valence-electron chi connectivity index (χ0n) is 15.9. The van der Waals surface area contributed by atoms with Crippen molar-refractivity contribution in [3.05, 3.63) is 23.8 Å². The van der Waals surface area contributed by atoms with Gasteiger partial charge in [0.25, 0.3) is 0 Å². The number of thiocarbonyl (C=S) groups is 1. The Morgan fingerprint density at radius 2 is 1.96 bits per heavy atom. The fourth-order valence-electron chi connectivity index (χ4n) is 3.33. The van der Waals surface area contributed by atoms with Crippen LogP contribution in [-0.2, 0) is 11.2 Å². The van der Waals surface area contributed by atoms with Gasteiger partial charge in [0.15, 0.2) is 5.11 Å². The van der Waals surface area contributed by atoms with Crippen molar-refractivity contribution in [2.75, 3.05) is 14.2 Å². The van der Waals surface area contributed by atoms with Crippen molar-refractivity contribution in [1.82, 2.24) is 16.2 Å². The number of rotatable bonds is 5. The Kier molecular flexibility index (Phi) is 7.50. The first-order valence-electron chi connectivity index (χ1n) is 9.00. The van der Waals surface area contributed by atoms with E-state index in [-0.39, 0.29) is 12.3 Å². The van der Waals surface area contributed by atoms with Crippen LogP contribution in [0.25, 0.3) is 0 Å². The Bertz CT molecular complexity index is 638. The Labute approximate surface area is 161 Å². The molecule has 3 N–H and O–H groups in total. The summed E-state index contributed by atoms with van der Waals surface area (Å²) in [5, 5.41) is 3.77. The number of hydrazine groups is 1. The van der Waals surface area contributed by atoms with Gasteiger partial charge in [-0.25, -0.2) is 0 Å². The third-order valence-electron chi connectivity index (χ3n) is 5.18. The second-order valence-corrected chi connectivity index (χ2v) is 7.28. The smallest absolute Gasteiger partial charge is 0.242 e. The summed E-state index contributed by atoms with van der Waals surface area (Å²) < 4.78 is 10.5. The highest BCUT2D eigenvalue weighted by Gasteiger charge is 2.27. The van der Waals surface area contributed by atoms with E-state index in [0.717, 1.165) is 12.0 Å². The SMILES string of the molecule is COc1ccc(CC(=O)NNC(=S)N[C@@H]2CCC[C@@H](C)[C@H]2C)c(OC)c1. The Morgan fingerprint density at radius 3 is 2.65 bits per heavy atom. The summed E-state index contributed by atoms with van der Waals surface area (Å²) in [7, 11) is 3.16. The van der Waals surface area contributed by atoms with Crippen LogP contribution in [0.4, 0.5) is 0 Å². The number of benzene rings is 1. The summed E-state index contributed by atoms with van der Waals surface area (Å²) in [4.78, 5) is 12.2. The molecule has 1 aromatic carbocycles. The van der Waals surface area contributed by atoms with E-state index < -0.39 is 0 Å². The van der Waals surface area contributed by atoms with E-state index in [0.29, 0.717) is 34.5 Å². The number of carbonyl (C=O) groups excluding carboxylic acids is 1. The van der Waals surface area contributed by atoms with Crippen LogP contribution >= 0.6 is 12.2 Å². The van der Waals surface area contributed by atoms with Crippen LogP contribution in [0, 0.1) is 11.8 Å².